The molecule has 0 fully saturated rings. The molecule has 5 heteroatoms. The maximum atomic E-state index is 11.8. The molecule has 1 aliphatic rings. The van der Waals surface area contributed by atoms with Crippen LogP contribution in [0, 0.1) is 5.92 Å². The molecule has 0 bridgehead atoms. The SMILES string of the molecule is CC(C)CN1C(=O)c2ccccc2C1=O.CSC(C)=O. The van der Waals surface area contributed by atoms with Crippen molar-refractivity contribution in [1.29, 1.82) is 0 Å². The summed E-state index contributed by atoms with van der Waals surface area (Å²) in [5.41, 5.74) is 1.06. The van der Waals surface area contributed by atoms with E-state index < -0.39 is 0 Å². The zero-order chi connectivity index (χ0) is 15.3. The van der Waals surface area contributed by atoms with E-state index in [9.17, 15) is 14.4 Å². The van der Waals surface area contributed by atoms with Crippen LogP contribution in [-0.2, 0) is 4.79 Å². The highest BCUT2D eigenvalue weighted by molar-refractivity contribution is 8.12. The number of thioether (sulfide) groups is 1. The van der Waals surface area contributed by atoms with E-state index in [4.69, 9.17) is 0 Å². The van der Waals surface area contributed by atoms with E-state index in [0.29, 0.717) is 23.6 Å². The van der Waals surface area contributed by atoms with Crippen LogP contribution in [0.25, 0.3) is 0 Å². The van der Waals surface area contributed by atoms with E-state index in [0.717, 1.165) is 0 Å². The first kappa shape index (κ1) is 16.4. The average molecular weight is 293 g/mol. The Morgan fingerprint density at radius 2 is 1.55 bits per heavy atom. The minimum atomic E-state index is -0.163. The molecule has 0 saturated heterocycles. The standard InChI is InChI=1S/C12H13NO2.C3H6OS/c1-8(2)7-13-11(14)9-5-3-4-6-10(9)12(13)15;1-3(4)5-2/h3-6,8H,7H2,1-2H3;1-2H3. The van der Waals surface area contributed by atoms with Gasteiger partial charge in [-0.15, -0.1) is 0 Å². The van der Waals surface area contributed by atoms with Crippen molar-refractivity contribution in [3.8, 4) is 0 Å². The highest BCUT2D eigenvalue weighted by Crippen LogP contribution is 2.22. The van der Waals surface area contributed by atoms with Crippen LogP contribution in [-0.4, -0.2) is 34.6 Å². The third-order valence-electron chi connectivity index (χ3n) is 2.71. The highest BCUT2D eigenvalue weighted by Gasteiger charge is 2.34. The summed E-state index contributed by atoms with van der Waals surface area (Å²) in [7, 11) is 0. The van der Waals surface area contributed by atoms with Gasteiger partial charge in [-0.25, -0.2) is 0 Å². The van der Waals surface area contributed by atoms with Gasteiger partial charge in [-0.05, 0) is 24.3 Å². The molecule has 0 aliphatic carbocycles. The van der Waals surface area contributed by atoms with Gasteiger partial charge in [0.25, 0.3) is 11.8 Å². The van der Waals surface area contributed by atoms with Crippen molar-refractivity contribution >= 4 is 28.7 Å². The maximum absolute atomic E-state index is 11.8. The molecule has 2 rings (SSSR count). The molecule has 2 amide bonds. The summed E-state index contributed by atoms with van der Waals surface area (Å²) in [6.45, 7) is 6.02. The smallest absolute Gasteiger partial charge is 0.261 e. The van der Waals surface area contributed by atoms with Crippen LogP contribution in [0.5, 0.6) is 0 Å². The van der Waals surface area contributed by atoms with Crippen molar-refractivity contribution in [3.05, 3.63) is 35.4 Å². The Hall–Kier alpha value is -1.62. The van der Waals surface area contributed by atoms with Crippen molar-refractivity contribution < 1.29 is 14.4 Å². The lowest BCUT2D eigenvalue weighted by Gasteiger charge is -2.15. The molecule has 0 atom stereocenters. The van der Waals surface area contributed by atoms with E-state index >= 15 is 0 Å². The van der Waals surface area contributed by atoms with Crippen LogP contribution in [0.15, 0.2) is 24.3 Å². The number of imide groups is 1. The van der Waals surface area contributed by atoms with Crippen molar-refractivity contribution in [2.45, 2.75) is 20.8 Å². The second-order valence-electron chi connectivity index (χ2n) is 4.86. The molecule has 0 saturated carbocycles. The summed E-state index contributed by atoms with van der Waals surface area (Å²) in [6.07, 6.45) is 1.77. The maximum Gasteiger partial charge on any atom is 0.261 e. The van der Waals surface area contributed by atoms with Gasteiger partial charge in [0.2, 0.25) is 0 Å². The number of carbonyl (C=O) groups is 3. The highest BCUT2D eigenvalue weighted by atomic mass is 32.2. The van der Waals surface area contributed by atoms with Crippen LogP contribution >= 0.6 is 11.8 Å². The fraction of sp³-hybridized carbons (Fsp3) is 0.400. The van der Waals surface area contributed by atoms with Gasteiger partial charge in [0.05, 0.1) is 11.1 Å². The zero-order valence-corrected chi connectivity index (χ0v) is 13.0. The van der Waals surface area contributed by atoms with Gasteiger partial charge in [-0.2, -0.15) is 0 Å². The van der Waals surface area contributed by atoms with Gasteiger partial charge < -0.3 is 0 Å². The third-order valence-corrected chi connectivity index (χ3v) is 3.29. The summed E-state index contributed by atoms with van der Waals surface area (Å²) in [5, 5.41) is 0.171. The van der Waals surface area contributed by atoms with Crippen LogP contribution < -0.4 is 0 Å². The average Bonchev–Trinajstić information content (AvgIpc) is 2.65. The minimum Gasteiger partial charge on any atom is -0.288 e. The monoisotopic (exact) mass is 293 g/mol. The van der Waals surface area contributed by atoms with E-state index in [1.165, 1.54) is 16.7 Å². The Bertz CT molecular complexity index is 491. The summed E-state index contributed by atoms with van der Waals surface area (Å²) >= 11 is 1.24. The van der Waals surface area contributed by atoms with Crippen LogP contribution in [0.4, 0.5) is 0 Å². The Morgan fingerprint density at radius 3 is 1.85 bits per heavy atom. The van der Waals surface area contributed by atoms with Crippen LogP contribution in [0.2, 0.25) is 0 Å². The number of amides is 2. The lowest BCUT2D eigenvalue weighted by atomic mass is 10.1. The number of benzene rings is 1. The molecule has 1 aromatic carbocycles. The van der Waals surface area contributed by atoms with E-state index in [-0.39, 0.29) is 16.9 Å². The van der Waals surface area contributed by atoms with Gasteiger partial charge in [0, 0.05) is 13.5 Å². The molecule has 4 nitrogen and oxygen atoms in total. The molecule has 1 heterocycles. The Morgan fingerprint density at radius 1 is 1.15 bits per heavy atom. The predicted molar refractivity (Wildman–Crippen MR) is 80.8 cm³/mol. The number of fused-ring (bicyclic) bond motifs is 1. The van der Waals surface area contributed by atoms with Crippen molar-refractivity contribution in [1.82, 2.24) is 4.90 Å². The Balaban J connectivity index is 0.000000347. The molecule has 1 aromatic rings. The van der Waals surface area contributed by atoms with Gasteiger partial charge in [-0.3, -0.25) is 19.3 Å². The summed E-state index contributed by atoms with van der Waals surface area (Å²) in [4.78, 5) is 34.8. The van der Waals surface area contributed by atoms with E-state index in [2.05, 4.69) is 0 Å². The molecule has 108 valence electrons. The number of nitrogens with zero attached hydrogens (tertiary/aromatic N) is 1. The quantitative estimate of drug-likeness (QED) is 0.787. The number of hydrogen-bond donors (Lipinski definition) is 0. The number of rotatable bonds is 2. The second-order valence-corrected chi connectivity index (χ2v) is 5.84. The lowest BCUT2D eigenvalue weighted by Crippen LogP contribution is -2.33. The van der Waals surface area contributed by atoms with Crippen molar-refractivity contribution in [2.24, 2.45) is 5.92 Å². The second kappa shape index (κ2) is 7.24. The molecule has 0 N–H and O–H groups in total. The Kier molecular flexibility index (Phi) is 5.95. The number of hydrogen-bond acceptors (Lipinski definition) is 4. The first-order valence-corrected chi connectivity index (χ1v) is 7.60. The molecule has 0 aromatic heterocycles. The minimum absolute atomic E-state index is 0.163. The van der Waals surface area contributed by atoms with Crippen LogP contribution in [0.3, 0.4) is 0 Å². The zero-order valence-electron chi connectivity index (χ0n) is 12.2. The normalized spacial score (nSPS) is 13.2. The molecule has 0 spiro atoms. The third kappa shape index (κ3) is 3.93. The molecule has 0 unspecified atom stereocenters. The van der Waals surface area contributed by atoms with Gasteiger partial charge in [0.15, 0.2) is 5.12 Å². The Labute approximate surface area is 123 Å². The first-order valence-electron chi connectivity index (χ1n) is 6.38. The van der Waals surface area contributed by atoms with Gasteiger partial charge >= 0.3 is 0 Å². The fourth-order valence-electron chi connectivity index (χ4n) is 1.77. The summed E-state index contributed by atoms with van der Waals surface area (Å²) in [5.74, 6) is -0.0270. The lowest BCUT2D eigenvalue weighted by molar-refractivity contribution is -0.109. The topological polar surface area (TPSA) is 54.5 Å². The predicted octanol–water partition coefficient (Wildman–Crippen LogP) is 2.83. The fourth-order valence-corrected chi connectivity index (χ4v) is 1.77. The molecule has 1 aliphatic heterocycles. The number of carbonyl (C=O) groups excluding carboxylic acids is 3. The molecule has 0 radical (unpaired) electrons. The van der Waals surface area contributed by atoms with E-state index in [1.807, 2.05) is 13.8 Å². The van der Waals surface area contributed by atoms with Crippen molar-refractivity contribution in [2.75, 3.05) is 12.8 Å². The van der Waals surface area contributed by atoms with Gasteiger partial charge in [0.1, 0.15) is 0 Å². The summed E-state index contributed by atoms with van der Waals surface area (Å²) < 4.78 is 0. The van der Waals surface area contributed by atoms with Crippen molar-refractivity contribution in [3.63, 3.8) is 0 Å². The molecular weight excluding hydrogens is 274 g/mol. The summed E-state index contributed by atoms with van der Waals surface area (Å²) in [6, 6.07) is 6.97. The molecular formula is C15H19NO3S. The first-order chi connectivity index (χ1) is 9.38. The van der Waals surface area contributed by atoms with Crippen LogP contribution in [0.1, 0.15) is 41.5 Å². The molecule has 20 heavy (non-hydrogen) atoms. The largest absolute Gasteiger partial charge is 0.288 e. The van der Waals surface area contributed by atoms with Gasteiger partial charge in [-0.1, -0.05) is 37.7 Å². The van der Waals surface area contributed by atoms with E-state index in [1.54, 1.807) is 37.4 Å².